The van der Waals surface area contributed by atoms with Crippen LogP contribution in [0.3, 0.4) is 0 Å². The molecule has 0 saturated heterocycles. The minimum Gasteiger partial charge on any atom is -0.588 e. The van der Waals surface area contributed by atoms with E-state index < -0.39 is 11.4 Å². The van der Waals surface area contributed by atoms with E-state index in [2.05, 4.69) is 47.1 Å². The number of fused-ring (bicyclic) bond motifs is 4. The summed E-state index contributed by atoms with van der Waals surface area (Å²) in [6.45, 7) is 5.56. The summed E-state index contributed by atoms with van der Waals surface area (Å²) >= 11 is -1.48. The molecule has 2 heterocycles. The molecule has 2 unspecified atom stereocenters. The average Bonchev–Trinajstić information content (AvgIpc) is 3.35. The Morgan fingerprint density at radius 3 is 2.60 bits per heavy atom. The van der Waals surface area contributed by atoms with E-state index in [1.807, 2.05) is 30.3 Å². The summed E-state index contributed by atoms with van der Waals surface area (Å²) in [5.74, 6) is 1.57. The van der Waals surface area contributed by atoms with Gasteiger partial charge in [-0.3, -0.25) is 0 Å². The number of nitrogens with one attached hydrogen (secondary N) is 2. The molecule has 2 N–H and O–H groups in total. The molecule has 0 amide bonds. The highest BCUT2D eigenvalue weighted by Gasteiger charge is 2.22. The molecule has 5 rings (SSSR count). The van der Waals surface area contributed by atoms with Crippen LogP contribution in [0.1, 0.15) is 48.8 Å². The normalized spacial score (nSPS) is 21.1. The molecule has 6 nitrogen and oxygen atoms in total. The first-order valence-electron chi connectivity index (χ1n) is 12.6. The maximum absolute atomic E-state index is 13.1. The van der Waals surface area contributed by atoms with Crippen LogP contribution in [-0.2, 0) is 17.8 Å². The van der Waals surface area contributed by atoms with Gasteiger partial charge in [0.15, 0.2) is 4.90 Å². The van der Waals surface area contributed by atoms with Gasteiger partial charge in [0.1, 0.15) is 18.0 Å². The molecule has 2 aromatic carbocycles. The van der Waals surface area contributed by atoms with E-state index in [4.69, 9.17) is 9.72 Å². The second-order valence-electron chi connectivity index (χ2n) is 9.80. The largest absolute Gasteiger partial charge is 0.588 e. The van der Waals surface area contributed by atoms with E-state index in [-0.39, 0.29) is 6.04 Å². The van der Waals surface area contributed by atoms with E-state index in [9.17, 15) is 4.55 Å². The molecule has 2 aliphatic rings. The molecule has 3 aromatic rings. The lowest BCUT2D eigenvalue weighted by Gasteiger charge is -2.23. The van der Waals surface area contributed by atoms with E-state index >= 15 is 0 Å². The third-order valence-corrected chi connectivity index (χ3v) is 8.16. The third-order valence-electron chi connectivity index (χ3n) is 7.11. The van der Waals surface area contributed by atoms with Crippen LogP contribution in [0.5, 0.6) is 5.88 Å². The first kappa shape index (κ1) is 24.1. The molecule has 0 spiro atoms. The van der Waals surface area contributed by atoms with Gasteiger partial charge < -0.3 is 14.6 Å². The van der Waals surface area contributed by atoms with Crippen LogP contribution in [0.15, 0.2) is 53.4 Å². The molecule has 1 fully saturated rings. The monoisotopic (exact) mass is 490 g/mol. The zero-order chi connectivity index (χ0) is 24.2. The van der Waals surface area contributed by atoms with E-state index in [1.165, 1.54) is 25.7 Å². The van der Waals surface area contributed by atoms with Crippen LogP contribution in [0, 0.1) is 19.8 Å². The molecular weight excluding hydrogens is 456 g/mol. The van der Waals surface area contributed by atoms with Crippen LogP contribution in [0.2, 0.25) is 0 Å². The van der Waals surface area contributed by atoms with Gasteiger partial charge in [-0.1, -0.05) is 56.0 Å². The molecule has 2 atom stereocenters. The van der Waals surface area contributed by atoms with Crippen molar-refractivity contribution in [3.8, 4) is 17.1 Å². The fraction of sp³-hybridized carbons (Fsp3) is 0.429. The Morgan fingerprint density at radius 1 is 1.03 bits per heavy atom. The first-order chi connectivity index (χ1) is 17.0. The van der Waals surface area contributed by atoms with Crippen LogP contribution in [-0.4, -0.2) is 33.7 Å². The molecule has 4 bridgehead atoms. The summed E-state index contributed by atoms with van der Waals surface area (Å²) in [5.41, 5.74) is 5.24. The van der Waals surface area contributed by atoms with Gasteiger partial charge in [-0.15, -0.1) is 0 Å². The number of aryl methyl sites for hydroxylation is 2. The van der Waals surface area contributed by atoms with Crippen LogP contribution in [0.25, 0.3) is 11.3 Å². The minimum atomic E-state index is -1.48. The Hall–Kier alpha value is -2.61. The summed E-state index contributed by atoms with van der Waals surface area (Å²) in [7, 11) is 0. The number of hydrogen-bond acceptors (Lipinski definition) is 6. The molecular formula is C28H34N4O2S. The second-order valence-corrected chi connectivity index (χ2v) is 11.0. The van der Waals surface area contributed by atoms with Crippen LogP contribution in [0.4, 0.5) is 5.95 Å². The van der Waals surface area contributed by atoms with Gasteiger partial charge in [0.05, 0.1) is 5.69 Å². The molecule has 1 aliphatic carbocycles. The lowest BCUT2D eigenvalue weighted by Crippen LogP contribution is -2.37. The van der Waals surface area contributed by atoms with Crippen molar-refractivity contribution in [1.82, 2.24) is 15.3 Å². The molecule has 1 aromatic heterocycles. The van der Waals surface area contributed by atoms with Gasteiger partial charge in [0.25, 0.3) is 5.95 Å². The maximum atomic E-state index is 13.1. The Morgan fingerprint density at radius 2 is 1.80 bits per heavy atom. The summed E-state index contributed by atoms with van der Waals surface area (Å²) in [4.78, 5) is 10.1. The number of nitrogens with zero attached hydrogens (tertiary/aromatic N) is 2. The number of anilines is 1. The standard InChI is InChI=1S/C28H34N4O2S/c1-19-7-5-8-20(2)27(19)25-17-26-31-28(30-25)32-35(33)24-12-6-11-22(16-24)13-14-29-23(18-34-26)15-21-9-3-4-10-21/h5-8,11-12,16-17,21,23,29H,3-4,9-10,13-15,18H2,1-2H3,(H,30,31,32). The van der Waals surface area contributed by atoms with Gasteiger partial charge >= 0.3 is 0 Å². The van der Waals surface area contributed by atoms with Crippen molar-refractivity contribution < 1.29 is 9.29 Å². The average molecular weight is 491 g/mol. The summed E-state index contributed by atoms with van der Waals surface area (Å²) in [6, 6.07) is 16.3. The molecule has 184 valence electrons. The van der Waals surface area contributed by atoms with Crippen molar-refractivity contribution >= 4 is 17.3 Å². The predicted molar refractivity (Wildman–Crippen MR) is 141 cm³/mol. The smallest absolute Gasteiger partial charge is 0.269 e. The van der Waals surface area contributed by atoms with Crippen LogP contribution >= 0.6 is 0 Å². The van der Waals surface area contributed by atoms with Gasteiger partial charge in [0.2, 0.25) is 5.88 Å². The van der Waals surface area contributed by atoms with Crippen molar-refractivity contribution in [1.29, 1.82) is 0 Å². The number of rotatable bonds is 3. The highest BCUT2D eigenvalue weighted by molar-refractivity contribution is 7.92. The lowest BCUT2D eigenvalue weighted by molar-refractivity contribution is 0.232. The zero-order valence-electron chi connectivity index (χ0n) is 20.5. The Balaban J connectivity index is 1.50. The molecule has 7 heteroatoms. The summed E-state index contributed by atoms with van der Waals surface area (Å²) in [6.07, 6.45) is 7.29. The number of benzene rings is 2. The van der Waals surface area contributed by atoms with Crippen LogP contribution < -0.4 is 14.8 Å². The van der Waals surface area contributed by atoms with Crippen molar-refractivity contribution in [3.63, 3.8) is 0 Å². The predicted octanol–water partition coefficient (Wildman–Crippen LogP) is 5.37. The summed E-state index contributed by atoms with van der Waals surface area (Å²) in [5, 5.41) is 3.73. The van der Waals surface area contributed by atoms with Crippen molar-refractivity contribution in [3.05, 3.63) is 65.2 Å². The topological polar surface area (TPSA) is 82.1 Å². The third kappa shape index (κ3) is 5.97. The Kier molecular flexibility index (Phi) is 7.56. The molecule has 0 radical (unpaired) electrons. The Bertz CT molecular complexity index is 1150. The SMILES string of the molecule is Cc1cccc(C)c1-c1cc2nc(n1)N[S+]([O-])c1cccc(c1)CCNC(CC1CCCC1)CO2. The maximum Gasteiger partial charge on any atom is 0.269 e. The van der Waals surface area contributed by atoms with Gasteiger partial charge in [-0.05, 0) is 68.0 Å². The van der Waals surface area contributed by atoms with Gasteiger partial charge in [-0.2, -0.15) is 9.71 Å². The zero-order valence-corrected chi connectivity index (χ0v) is 21.4. The fourth-order valence-electron chi connectivity index (χ4n) is 5.31. The van der Waals surface area contributed by atoms with E-state index in [0.29, 0.717) is 23.3 Å². The lowest BCUT2D eigenvalue weighted by atomic mass is 9.98. The van der Waals surface area contributed by atoms with Gasteiger partial charge in [0, 0.05) is 17.7 Å². The molecule has 1 aliphatic heterocycles. The van der Waals surface area contributed by atoms with E-state index in [0.717, 1.165) is 53.3 Å². The van der Waals surface area contributed by atoms with Gasteiger partial charge in [-0.25, -0.2) is 4.98 Å². The Labute approximate surface area is 211 Å². The van der Waals surface area contributed by atoms with E-state index in [1.54, 1.807) is 0 Å². The number of aromatic nitrogens is 2. The molecule has 1 saturated carbocycles. The highest BCUT2D eigenvalue weighted by Crippen LogP contribution is 2.31. The quantitative estimate of drug-likeness (QED) is 0.481. The summed E-state index contributed by atoms with van der Waals surface area (Å²) < 4.78 is 22.5. The van der Waals surface area contributed by atoms with Crippen molar-refractivity contribution in [2.24, 2.45) is 5.92 Å². The highest BCUT2D eigenvalue weighted by atomic mass is 32.2. The fourth-order valence-corrected chi connectivity index (χ4v) is 6.15. The molecule has 35 heavy (non-hydrogen) atoms. The number of ether oxygens (including phenoxy) is 1. The first-order valence-corrected chi connectivity index (χ1v) is 13.8. The van der Waals surface area contributed by atoms with Crippen molar-refractivity contribution in [2.45, 2.75) is 63.3 Å². The number of hydrogen-bond donors (Lipinski definition) is 2. The second kappa shape index (κ2) is 11.0. The van der Waals surface area contributed by atoms with Crippen molar-refractivity contribution in [2.75, 3.05) is 17.9 Å². The minimum absolute atomic E-state index is 0.258.